The Labute approximate surface area is 99.1 Å². The van der Waals surface area contributed by atoms with Gasteiger partial charge in [0.05, 0.1) is 5.69 Å². The first kappa shape index (κ1) is 13.1. The zero-order valence-corrected chi connectivity index (χ0v) is 11.2. The Bertz CT molecular complexity index is 337. The summed E-state index contributed by atoms with van der Waals surface area (Å²) in [6, 6.07) is 0. The lowest BCUT2D eigenvalue weighted by atomic mass is 10.1. The van der Waals surface area contributed by atoms with Crippen LogP contribution in [0.5, 0.6) is 0 Å². The highest BCUT2D eigenvalue weighted by Gasteiger charge is 2.18. The molecule has 0 unspecified atom stereocenters. The summed E-state index contributed by atoms with van der Waals surface area (Å²) in [5.41, 5.74) is 7.24. The van der Waals surface area contributed by atoms with Crippen molar-refractivity contribution in [2.24, 2.45) is 0 Å². The minimum atomic E-state index is 0.403. The maximum atomic E-state index is 6.18. The minimum Gasteiger partial charge on any atom is -0.384 e. The molecular weight excluding hydrogens is 198 g/mol. The van der Waals surface area contributed by atoms with Crippen molar-refractivity contribution < 1.29 is 0 Å². The predicted octanol–water partition coefficient (Wildman–Crippen LogP) is 3.51. The maximum absolute atomic E-state index is 6.18. The smallest absolute Gasteiger partial charge is 0.127 e. The second-order valence-corrected chi connectivity index (χ2v) is 5.06. The summed E-state index contributed by atoms with van der Waals surface area (Å²) in [5.74, 6) is 2.84. The summed E-state index contributed by atoms with van der Waals surface area (Å²) >= 11 is 0. The topological polar surface area (TPSA) is 43.8 Å². The van der Waals surface area contributed by atoms with Crippen molar-refractivity contribution in [1.29, 1.82) is 0 Å². The summed E-state index contributed by atoms with van der Waals surface area (Å²) in [6.45, 7) is 11.8. The molecule has 16 heavy (non-hydrogen) atoms. The van der Waals surface area contributed by atoms with Crippen LogP contribution in [0.4, 0.5) is 5.82 Å². The largest absolute Gasteiger partial charge is 0.384 e. The predicted molar refractivity (Wildman–Crippen MR) is 69.7 cm³/mol. The third kappa shape index (κ3) is 2.57. The number of anilines is 1. The standard InChI is InChI=1S/C13H25N3/c1-6-7-8-16-12(14)11(9(2)3)15-13(16)10(4)5/h9-10H,6-8,14H2,1-5H3. The molecule has 0 saturated carbocycles. The fraction of sp³-hybridized carbons (Fsp3) is 0.769. The van der Waals surface area contributed by atoms with E-state index in [2.05, 4.69) is 39.2 Å². The second-order valence-electron chi connectivity index (χ2n) is 5.06. The fourth-order valence-electron chi connectivity index (χ4n) is 1.92. The van der Waals surface area contributed by atoms with E-state index in [4.69, 9.17) is 10.7 Å². The van der Waals surface area contributed by atoms with Crippen LogP contribution in [0.25, 0.3) is 0 Å². The monoisotopic (exact) mass is 223 g/mol. The summed E-state index contributed by atoms with van der Waals surface area (Å²) in [7, 11) is 0. The van der Waals surface area contributed by atoms with Gasteiger partial charge in [-0.05, 0) is 12.3 Å². The number of aromatic nitrogens is 2. The number of unbranched alkanes of at least 4 members (excludes halogenated alkanes) is 1. The molecule has 0 aromatic carbocycles. The Hall–Kier alpha value is -0.990. The normalized spacial score (nSPS) is 11.7. The average Bonchev–Trinajstić information content (AvgIpc) is 2.53. The average molecular weight is 223 g/mol. The van der Waals surface area contributed by atoms with Crippen LogP contribution < -0.4 is 5.73 Å². The van der Waals surface area contributed by atoms with Gasteiger partial charge in [0, 0.05) is 12.5 Å². The van der Waals surface area contributed by atoms with Gasteiger partial charge in [0.25, 0.3) is 0 Å². The van der Waals surface area contributed by atoms with Gasteiger partial charge in [0.15, 0.2) is 0 Å². The van der Waals surface area contributed by atoms with Gasteiger partial charge in [-0.15, -0.1) is 0 Å². The molecule has 3 heteroatoms. The van der Waals surface area contributed by atoms with E-state index in [0.29, 0.717) is 11.8 Å². The van der Waals surface area contributed by atoms with Crippen LogP contribution in [-0.4, -0.2) is 9.55 Å². The van der Waals surface area contributed by atoms with Crippen LogP contribution in [0.3, 0.4) is 0 Å². The van der Waals surface area contributed by atoms with Gasteiger partial charge < -0.3 is 10.3 Å². The molecule has 0 radical (unpaired) electrons. The Kier molecular flexibility index (Phi) is 4.39. The van der Waals surface area contributed by atoms with Gasteiger partial charge >= 0.3 is 0 Å². The zero-order valence-electron chi connectivity index (χ0n) is 11.2. The number of rotatable bonds is 5. The molecule has 0 amide bonds. The minimum absolute atomic E-state index is 0.403. The molecule has 1 rings (SSSR count). The highest BCUT2D eigenvalue weighted by Crippen LogP contribution is 2.26. The first-order valence-corrected chi connectivity index (χ1v) is 6.34. The molecule has 0 spiro atoms. The van der Waals surface area contributed by atoms with E-state index in [1.807, 2.05) is 0 Å². The third-order valence-electron chi connectivity index (χ3n) is 2.86. The van der Waals surface area contributed by atoms with Gasteiger partial charge in [-0.25, -0.2) is 4.98 Å². The molecule has 0 bridgehead atoms. The van der Waals surface area contributed by atoms with Crippen molar-refractivity contribution in [1.82, 2.24) is 9.55 Å². The maximum Gasteiger partial charge on any atom is 0.127 e. The number of hydrogen-bond donors (Lipinski definition) is 1. The molecule has 1 aromatic heterocycles. The first-order chi connectivity index (χ1) is 7.49. The third-order valence-corrected chi connectivity index (χ3v) is 2.86. The van der Waals surface area contributed by atoms with Crippen molar-refractivity contribution in [2.75, 3.05) is 5.73 Å². The van der Waals surface area contributed by atoms with E-state index in [0.717, 1.165) is 30.3 Å². The molecule has 92 valence electrons. The Morgan fingerprint density at radius 2 is 1.81 bits per heavy atom. The number of nitrogen functional groups attached to an aromatic ring is 1. The number of nitrogens with two attached hydrogens (primary N) is 1. The molecule has 1 aromatic rings. The summed E-state index contributed by atoms with van der Waals surface area (Å²) in [5, 5.41) is 0. The van der Waals surface area contributed by atoms with Gasteiger partial charge in [-0.1, -0.05) is 41.0 Å². The summed E-state index contributed by atoms with van der Waals surface area (Å²) < 4.78 is 2.20. The van der Waals surface area contributed by atoms with Crippen molar-refractivity contribution in [3.63, 3.8) is 0 Å². The van der Waals surface area contributed by atoms with Gasteiger partial charge in [-0.3, -0.25) is 0 Å². The van der Waals surface area contributed by atoms with Gasteiger partial charge in [0.1, 0.15) is 11.6 Å². The molecule has 1 heterocycles. The van der Waals surface area contributed by atoms with Crippen molar-refractivity contribution >= 4 is 5.82 Å². The Balaban J connectivity index is 3.10. The molecule has 0 saturated heterocycles. The van der Waals surface area contributed by atoms with Gasteiger partial charge in [0.2, 0.25) is 0 Å². The van der Waals surface area contributed by atoms with Crippen molar-refractivity contribution in [3.05, 3.63) is 11.5 Å². The Morgan fingerprint density at radius 1 is 1.19 bits per heavy atom. The van der Waals surface area contributed by atoms with Crippen molar-refractivity contribution in [2.45, 2.75) is 65.8 Å². The van der Waals surface area contributed by atoms with Gasteiger partial charge in [-0.2, -0.15) is 0 Å². The SMILES string of the molecule is CCCCn1c(C(C)C)nc(C(C)C)c1N. The van der Waals surface area contributed by atoms with E-state index >= 15 is 0 Å². The molecule has 2 N–H and O–H groups in total. The van der Waals surface area contributed by atoms with E-state index in [9.17, 15) is 0 Å². The van der Waals surface area contributed by atoms with E-state index in [-0.39, 0.29) is 0 Å². The number of hydrogen-bond acceptors (Lipinski definition) is 2. The molecule has 0 atom stereocenters. The fourth-order valence-corrected chi connectivity index (χ4v) is 1.92. The Morgan fingerprint density at radius 3 is 2.25 bits per heavy atom. The molecule has 3 nitrogen and oxygen atoms in total. The highest BCUT2D eigenvalue weighted by molar-refractivity contribution is 5.40. The summed E-state index contributed by atoms with van der Waals surface area (Å²) in [6.07, 6.45) is 2.35. The second kappa shape index (κ2) is 5.37. The van der Waals surface area contributed by atoms with Crippen LogP contribution in [0, 0.1) is 0 Å². The lowest BCUT2D eigenvalue weighted by Gasteiger charge is -2.11. The number of imidazole rings is 1. The lowest BCUT2D eigenvalue weighted by molar-refractivity contribution is 0.588. The van der Waals surface area contributed by atoms with Crippen molar-refractivity contribution in [3.8, 4) is 0 Å². The van der Waals surface area contributed by atoms with E-state index in [1.165, 1.54) is 6.42 Å². The quantitative estimate of drug-likeness (QED) is 0.830. The van der Waals surface area contributed by atoms with Crippen LogP contribution in [-0.2, 0) is 6.54 Å². The van der Waals surface area contributed by atoms with E-state index in [1.54, 1.807) is 0 Å². The molecule has 0 fully saturated rings. The van der Waals surface area contributed by atoms with E-state index < -0.39 is 0 Å². The molecule has 0 aliphatic carbocycles. The van der Waals surface area contributed by atoms with Crippen LogP contribution >= 0.6 is 0 Å². The molecule has 0 aliphatic heterocycles. The lowest BCUT2D eigenvalue weighted by Crippen LogP contribution is -2.08. The number of nitrogens with zero attached hydrogens (tertiary/aromatic N) is 2. The molecular formula is C13H25N3. The van der Waals surface area contributed by atoms with Crippen LogP contribution in [0.1, 0.15) is 70.8 Å². The first-order valence-electron chi connectivity index (χ1n) is 6.34. The summed E-state index contributed by atoms with van der Waals surface area (Å²) in [4.78, 5) is 4.70. The molecule has 0 aliphatic rings. The van der Waals surface area contributed by atoms with Crippen LogP contribution in [0.2, 0.25) is 0 Å². The zero-order chi connectivity index (χ0) is 12.3. The highest BCUT2D eigenvalue weighted by atomic mass is 15.1. The van der Waals surface area contributed by atoms with Crippen LogP contribution in [0.15, 0.2) is 0 Å².